The molecular formula is C22H30N6. The van der Waals surface area contributed by atoms with Gasteiger partial charge in [-0.2, -0.15) is 10.2 Å². The molecule has 148 valence electrons. The Labute approximate surface area is 168 Å². The number of hydrogen-bond donors (Lipinski definition) is 2. The third-order valence-corrected chi connectivity index (χ3v) is 5.16. The van der Waals surface area contributed by atoms with E-state index in [2.05, 4.69) is 53.4 Å². The van der Waals surface area contributed by atoms with Gasteiger partial charge in [0.15, 0.2) is 0 Å². The normalized spacial score (nSPS) is 17.4. The number of benzene rings is 1. The fourth-order valence-corrected chi connectivity index (χ4v) is 3.51. The van der Waals surface area contributed by atoms with Crippen LogP contribution in [0.5, 0.6) is 0 Å². The van der Waals surface area contributed by atoms with Crippen LogP contribution in [-0.4, -0.2) is 35.1 Å². The highest BCUT2D eigenvalue weighted by atomic mass is 15.3. The van der Waals surface area contributed by atoms with Gasteiger partial charge >= 0.3 is 0 Å². The van der Waals surface area contributed by atoms with Gasteiger partial charge in [-0.3, -0.25) is 0 Å². The fraction of sp³-hybridized carbons (Fsp3) is 0.500. The standard InChI is InChI=1S/C22H30N6/c1-4-7-18-13-21(28-11-10-20(15-28)24-16(3)5-2)27-22(25-18)26-19-9-6-8-17(12-19)14-23/h6,8-9,12-13,16,20,24H,4-5,7,10-11,15H2,1-3H3,(H,25,26,27)/t16?,20-/m0/s1. The Hall–Kier alpha value is -2.65. The molecule has 6 heteroatoms. The maximum Gasteiger partial charge on any atom is 0.229 e. The molecular weight excluding hydrogens is 348 g/mol. The summed E-state index contributed by atoms with van der Waals surface area (Å²) in [5.74, 6) is 1.57. The zero-order valence-electron chi connectivity index (χ0n) is 17.1. The quantitative estimate of drug-likeness (QED) is 0.723. The molecule has 1 aliphatic rings. The third-order valence-electron chi connectivity index (χ3n) is 5.16. The maximum atomic E-state index is 9.11. The highest BCUT2D eigenvalue weighted by molar-refractivity contribution is 5.58. The van der Waals surface area contributed by atoms with Crippen molar-refractivity contribution in [1.29, 1.82) is 5.26 Å². The van der Waals surface area contributed by atoms with Gasteiger partial charge in [-0.15, -0.1) is 0 Å². The summed E-state index contributed by atoms with van der Waals surface area (Å²) in [7, 11) is 0. The summed E-state index contributed by atoms with van der Waals surface area (Å²) >= 11 is 0. The Morgan fingerprint density at radius 2 is 2.14 bits per heavy atom. The van der Waals surface area contributed by atoms with E-state index in [4.69, 9.17) is 10.2 Å². The number of aryl methyl sites for hydroxylation is 1. The van der Waals surface area contributed by atoms with E-state index in [0.29, 0.717) is 23.6 Å². The smallest absolute Gasteiger partial charge is 0.229 e. The summed E-state index contributed by atoms with van der Waals surface area (Å²) in [6.45, 7) is 8.58. The van der Waals surface area contributed by atoms with E-state index in [0.717, 1.165) is 56.0 Å². The van der Waals surface area contributed by atoms with Gasteiger partial charge in [-0.05, 0) is 44.4 Å². The van der Waals surface area contributed by atoms with E-state index in [1.54, 1.807) is 6.07 Å². The molecule has 0 radical (unpaired) electrons. The van der Waals surface area contributed by atoms with Crippen LogP contribution in [0.25, 0.3) is 0 Å². The largest absolute Gasteiger partial charge is 0.355 e. The van der Waals surface area contributed by atoms with E-state index >= 15 is 0 Å². The lowest BCUT2D eigenvalue weighted by atomic mass is 10.2. The van der Waals surface area contributed by atoms with Crippen molar-refractivity contribution >= 4 is 17.5 Å². The van der Waals surface area contributed by atoms with Crippen molar-refractivity contribution in [2.75, 3.05) is 23.3 Å². The predicted octanol–water partition coefficient (Wildman–Crippen LogP) is 4.01. The van der Waals surface area contributed by atoms with E-state index in [-0.39, 0.29) is 0 Å². The van der Waals surface area contributed by atoms with E-state index < -0.39 is 0 Å². The van der Waals surface area contributed by atoms with Crippen LogP contribution < -0.4 is 15.5 Å². The molecule has 2 aromatic rings. The first-order valence-electron chi connectivity index (χ1n) is 10.3. The van der Waals surface area contributed by atoms with E-state index in [9.17, 15) is 0 Å². The zero-order chi connectivity index (χ0) is 19.9. The summed E-state index contributed by atoms with van der Waals surface area (Å²) in [6.07, 6.45) is 4.23. The molecule has 0 bridgehead atoms. The first kappa shape index (κ1) is 20.1. The second-order valence-electron chi connectivity index (χ2n) is 7.52. The molecule has 0 spiro atoms. The molecule has 1 aromatic heterocycles. The van der Waals surface area contributed by atoms with Crippen LogP contribution in [0, 0.1) is 11.3 Å². The minimum atomic E-state index is 0.503. The Morgan fingerprint density at radius 3 is 2.89 bits per heavy atom. The molecule has 1 unspecified atom stereocenters. The first-order valence-corrected chi connectivity index (χ1v) is 10.3. The lowest BCUT2D eigenvalue weighted by Crippen LogP contribution is -2.38. The maximum absolute atomic E-state index is 9.11. The minimum absolute atomic E-state index is 0.503. The highest BCUT2D eigenvalue weighted by Gasteiger charge is 2.25. The summed E-state index contributed by atoms with van der Waals surface area (Å²) in [5, 5.41) is 16.1. The molecule has 6 nitrogen and oxygen atoms in total. The number of hydrogen-bond acceptors (Lipinski definition) is 6. The van der Waals surface area contributed by atoms with Crippen molar-refractivity contribution in [3.8, 4) is 6.07 Å². The molecule has 2 atom stereocenters. The SMILES string of the molecule is CCCc1cc(N2CC[C@H](NC(C)CC)C2)nc(Nc2cccc(C#N)c2)n1. The second-order valence-corrected chi connectivity index (χ2v) is 7.52. The van der Waals surface area contributed by atoms with Crippen LogP contribution >= 0.6 is 0 Å². The fourth-order valence-electron chi connectivity index (χ4n) is 3.51. The van der Waals surface area contributed by atoms with Crippen molar-refractivity contribution in [2.45, 2.75) is 58.5 Å². The third kappa shape index (κ3) is 5.20. The molecule has 0 aliphatic carbocycles. The summed E-state index contributed by atoms with van der Waals surface area (Å²) in [6, 6.07) is 12.7. The van der Waals surface area contributed by atoms with Crippen molar-refractivity contribution < 1.29 is 0 Å². The average Bonchev–Trinajstić information content (AvgIpc) is 3.16. The molecule has 2 N–H and O–H groups in total. The van der Waals surface area contributed by atoms with Gasteiger partial charge < -0.3 is 15.5 Å². The van der Waals surface area contributed by atoms with Gasteiger partial charge in [-0.25, -0.2) is 4.98 Å². The molecule has 0 amide bonds. The summed E-state index contributed by atoms with van der Waals surface area (Å²) in [4.78, 5) is 11.8. The Balaban J connectivity index is 1.79. The molecule has 28 heavy (non-hydrogen) atoms. The number of rotatable bonds is 8. The Bertz CT molecular complexity index is 828. The lowest BCUT2D eigenvalue weighted by Gasteiger charge is -2.21. The molecule has 2 heterocycles. The van der Waals surface area contributed by atoms with Crippen LogP contribution in [0.15, 0.2) is 30.3 Å². The molecule has 1 aliphatic heterocycles. The Kier molecular flexibility index (Phi) is 6.83. The Morgan fingerprint density at radius 1 is 1.29 bits per heavy atom. The minimum Gasteiger partial charge on any atom is -0.355 e. The topological polar surface area (TPSA) is 76.9 Å². The summed E-state index contributed by atoms with van der Waals surface area (Å²) < 4.78 is 0. The number of nitriles is 1. The number of nitrogens with zero attached hydrogens (tertiary/aromatic N) is 4. The van der Waals surface area contributed by atoms with Gasteiger partial charge in [0, 0.05) is 42.6 Å². The van der Waals surface area contributed by atoms with Gasteiger partial charge in [0.1, 0.15) is 5.82 Å². The van der Waals surface area contributed by atoms with Crippen LogP contribution in [-0.2, 0) is 6.42 Å². The lowest BCUT2D eigenvalue weighted by molar-refractivity contribution is 0.459. The number of aromatic nitrogens is 2. The van der Waals surface area contributed by atoms with Crippen molar-refractivity contribution in [2.24, 2.45) is 0 Å². The second kappa shape index (κ2) is 9.52. The van der Waals surface area contributed by atoms with Gasteiger partial charge in [0.2, 0.25) is 5.95 Å². The van der Waals surface area contributed by atoms with Crippen molar-refractivity contribution in [3.05, 3.63) is 41.6 Å². The first-order chi connectivity index (χ1) is 13.6. The highest BCUT2D eigenvalue weighted by Crippen LogP contribution is 2.23. The van der Waals surface area contributed by atoms with Gasteiger partial charge in [0.25, 0.3) is 0 Å². The molecule has 1 aromatic carbocycles. The van der Waals surface area contributed by atoms with Gasteiger partial charge in [-0.1, -0.05) is 26.3 Å². The zero-order valence-corrected chi connectivity index (χ0v) is 17.1. The van der Waals surface area contributed by atoms with E-state index in [1.165, 1.54) is 0 Å². The molecule has 1 saturated heterocycles. The number of nitrogens with one attached hydrogen (secondary N) is 2. The predicted molar refractivity (Wildman–Crippen MR) is 114 cm³/mol. The van der Waals surface area contributed by atoms with Crippen LogP contribution in [0.4, 0.5) is 17.5 Å². The number of anilines is 3. The molecule has 3 rings (SSSR count). The van der Waals surface area contributed by atoms with Crippen molar-refractivity contribution in [3.63, 3.8) is 0 Å². The summed E-state index contributed by atoms with van der Waals surface area (Å²) in [5.41, 5.74) is 2.49. The average molecular weight is 379 g/mol. The molecule has 1 fully saturated rings. The van der Waals surface area contributed by atoms with Crippen LogP contribution in [0.1, 0.15) is 51.3 Å². The van der Waals surface area contributed by atoms with Crippen LogP contribution in [0.2, 0.25) is 0 Å². The monoisotopic (exact) mass is 378 g/mol. The van der Waals surface area contributed by atoms with Gasteiger partial charge in [0.05, 0.1) is 11.6 Å². The molecule has 0 saturated carbocycles. The van der Waals surface area contributed by atoms with E-state index in [1.807, 2.05) is 18.2 Å². The van der Waals surface area contributed by atoms with Crippen molar-refractivity contribution in [1.82, 2.24) is 15.3 Å². The van der Waals surface area contributed by atoms with Crippen LogP contribution in [0.3, 0.4) is 0 Å².